The highest BCUT2D eigenvalue weighted by molar-refractivity contribution is 14.1. The van der Waals surface area contributed by atoms with Gasteiger partial charge in [-0.2, -0.15) is 0 Å². The summed E-state index contributed by atoms with van der Waals surface area (Å²) in [6.45, 7) is 4.60. The number of carbonyl (C=O) groups excluding carboxylic acids is 1. The molecule has 2 rings (SSSR count). The molecular formula is C17H17ClINO. The van der Waals surface area contributed by atoms with Gasteiger partial charge in [0.25, 0.3) is 5.91 Å². The third-order valence-electron chi connectivity index (χ3n) is 3.22. The van der Waals surface area contributed by atoms with Gasteiger partial charge in [0.2, 0.25) is 0 Å². The molecule has 110 valence electrons. The minimum absolute atomic E-state index is 0.0429. The molecule has 0 saturated carbocycles. The van der Waals surface area contributed by atoms with E-state index in [1.165, 1.54) is 0 Å². The van der Waals surface area contributed by atoms with Crippen molar-refractivity contribution in [2.45, 2.75) is 26.4 Å². The van der Waals surface area contributed by atoms with Crippen LogP contribution in [0.25, 0.3) is 0 Å². The van der Waals surface area contributed by atoms with Crippen LogP contribution in [0.4, 0.5) is 0 Å². The third kappa shape index (κ3) is 4.45. The highest BCUT2D eigenvalue weighted by atomic mass is 127. The summed E-state index contributed by atoms with van der Waals surface area (Å²) in [4.78, 5) is 14.5. The smallest absolute Gasteiger partial charge is 0.254 e. The van der Waals surface area contributed by atoms with Crippen LogP contribution in [0.1, 0.15) is 29.8 Å². The standard InChI is InChI=1S/C17H17ClINO/c1-12(2)20(11-13-4-3-5-15(18)10-13)17(21)14-6-8-16(19)9-7-14/h3-10,12H,11H2,1-2H3. The predicted molar refractivity (Wildman–Crippen MR) is 95.6 cm³/mol. The largest absolute Gasteiger partial charge is 0.332 e. The molecule has 21 heavy (non-hydrogen) atoms. The number of halogens is 2. The lowest BCUT2D eigenvalue weighted by atomic mass is 10.1. The molecule has 2 nitrogen and oxygen atoms in total. The number of nitrogens with zero attached hydrogens (tertiary/aromatic N) is 1. The lowest BCUT2D eigenvalue weighted by molar-refractivity contribution is 0.0690. The summed E-state index contributed by atoms with van der Waals surface area (Å²) in [5.41, 5.74) is 1.75. The van der Waals surface area contributed by atoms with Crippen LogP contribution in [0.2, 0.25) is 5.02 Å². The summed E-state index contributed by atoms with van der Waals surface area (Å²) in [5.74, 6) is 0.0429. The number of hydrogen-bond acceptors (Lipinski definition) is 1. The van der Waals surface area contributed by atoms with E-state index in [9.17, 15) is 4.79 Å². The van der Waals surface area contributed by atoms with Gasteiger partial charge in [-0.15, -0.1) is 0 Å². The average Bonchev–Trinajstić information content (AvgIpc) is 2.44. The van der Waals surface area contributed by atoms with Crippen LogP contribution >= 0.6 is 34.2 Å². The number of benzene rings is 2. The van der Waals surface area contributed by atoms with Crippen molar-refractivity contribution < 1.29 is 4.79 Å². The normalized spacial score (nSPS) is 10.7. The molecule has 0 saturated heterocycles. The maximum atomic E-state index is 12.7. The number of rotatable bonds is 4. The van der Waals surface area contributed by atoms with E-state index < -0.39 is 0 Å². The molecule has 2 aromatic carbocycles. The van der Waals surface area contributed by atoms with E-state index in [-0.39, 0.29) is 11.9 Å². The molecule has 0 aromatic heterocycles. The van der Waals surface area contributed by atoms with Crippen LogP contribution < -0.4 is 0 Å². The molecule has 0 spiro atoms. The summed E-state index contributed by atoms with van der Waals surface area (Å²) < 4.78 is 1.12. The van der Waals surface area contributed by atoms with E-state index >= 15 is 0 Å². The Kier molecular flexibility index (Phi) is 5.65. The molecule has 0 fully saturated rings. The van der Waals surface area contributed by atoms with Gasteiger partial charge in [-0.3, -0.25) is 4.79 Å². The van der Waals surface area contributed by atoms with E-state index in [0.29, 0.717) is 17.1 Å². The maximum Gasteiger partial charge on any atom is 0.254 e. The lowest BCUT2D eigenvalue weighted by Crippen LogP contribution is -2.36. The van der Waals surface area contributed by atoms with Gasteiger partial charge in [-0.1, -0.05) is 23.7 Å². The average molecular weight is 414 g/mol. The van der Waals surface area contributed by atoms with Crippen LogP contribution in [0.3, 0.4) is 0 Å². The van der Waals surface area contributed by atoms with Crippen LogP contribution in [-0.4, -0.2) is 16.8 Å². The summed E-state index contributed by atoms with van der Waals surface area (Å²) >= 11 is 8.25. The van der Waals surface area contributed by atoms with Gasteiger partial charge in [-0.05, 0) is 78.4 Å². The Morgan fingerprint density at radius 2 is 1.86 bits per heavy atom. The summed E-state index contributed by atoms with van der Waals surface area (Å²) in [7, 11) is 0. The highest BCUT2D eigenvalue weighted by Crippen LogP contribution is 2.17. The van der Waals surface area contributed by atoms with Crippen LogP contribution in [0, 0.1) is 3.57 Å². The van der Waals surface area contributed by atoms with Gasteiger partial charge in [-0.25, -0.2) is 0 Å². The molecule has 0 unspecified atom stereocenters. The SMILES string of the molecule is CC(C)N(Cc1cccc(Cl)c1)C(=O)c1ccc(I)cc1. The quantitative estimate of drug-likeness (QED) is 0.646. The maximum absolute atomic E-state index is 12.7. The summed E-state index contributed by atoms with van der Waals surface area (Å²) in [6.07, 6.45) is 0. The first-order valence-electron chi connectivity index (χ1n) is 6.78. The van der Waals surface area contributed by atoms with Crippen molar-refractivity contribution in [2.24, 2.45) is 0 Å². The van der Waals surface area contributed by atoms with E-state index in [4.69, 9.17) is 11.6 Å². The van der Waals surface area contributed by atoms with Crippen LogP contribution in [0.15, 0.2) is 48.5 Å². The Balaban J connectivity index is 2.22. The second kappa shape index (κ2) is 7.27. The van der Waals surface area contributed by atoms with Gasteiger partial charge in [0.05, 0.1) is 0 Å². The first-order valence-corrected chi connectivity index (χ1v) is 8.24. The third-order valence-corrected chi connectivity index (χ3v) is 4.17. The zero-order chi connectivity index (χ0) is 15.4. The predicted octanol–water partition coefficient (Wildman–Crippen LogP) is 5.00. The van der Waals surface area contributed by atoms with Crippen LogP contribution in [-0.2, 0) is 6.54 Å². The summed E-state index contributed by atoms with van der Waals surface area (Å²) in [6, 6.07) is 15.4. The molecule has 0 N–H and O–H groups in total. The first-order chi connectivity index (χ1) is 9.97. The topological polar surface area (TPSA) is 20.3 Å². The fourth-order valence-electron chi connectivity index (χ4n) is 2.08. The van der Waals surface area contributed by atoms with Crippen molar-refractivity contribution in [1.82, 2.24) is 4.90 Å². The molecule has 2 aromatic rings. The van der Waals surface area contributed by atoms with Crippen LogP contribution in [0.5, 0.6) is 0 Å². The number of hydrogen-bond donors (Lipinski definition) is 0. The molecule has 0 aliphatic carbocycles. The van der Waals surface area contributed by atoms with E-state index in [0.717, 1.165) is 9.13 Å². The monoisotopic (exact) mass is 413 g/mol. The Hall–Kier alpha value is -1.07. The Labute approximate surface area is 144 Å². The molecule has 0 heterocycles. The molecule has 1 amide bonds. The van der Waals surface area contributed by atoms with Gasteiger partial charge >= 0.3 is 0 Å². The summed E-state index contributed by atoms with van der Waals surface area (Å²) in [5, 5.41) is 0.693. The minimum atomic E-state index is 0.0429. The van der Waals surface area contributed by atoms with E-state index in [2.05, 4.69) is 22.6 Å². The van der Waals surface area contributed by atoms with E-state index in [1.807, 2.05) is 67.3 Å². The Morgan fingerprint density at radius 3 is 2.43 bits per heavy atom. The van der Waals surface area contributed by atoms with Crippen molar-refractivity contribution in [1.29, 1.82) is 0 Å². The van der Waals surface area contributed by atoms with Crippen molar-refractivity contribution in [3.05, 3.63) is 68.3 Å². The zero-order valence-corrected chi connectivity index (χ0v) is 14.9. The molecule has 0 bridgehead atoms. The number of amides is 1. The lowest BCUT2D eigenvalue weighted by Gasteiger charge is -2.27. The minimum Gasteiger partial charge on any atom is -0.332 e. The van der Waals surface area contributed by atoms with Gasteiger partial charge in [0, 0.05) is 26.7 Å². The fraction of sp³-hybridized carbons (Fsp3) is 0.235. The zero-order valence-electron chi connectivity index (χ0n) is 12.0. The molecule has 4 heteroatoms. The van der Waals surface area contributed by atoms with Gasteiger partial charge < -0.3 is 4.90 Å². The number of carbonyl (C=O) groups is 1. The van der Waals surface area contributed by atoms with Crippen molar-refractivity contribution in [3.63, 3.8) is 0 Å². The van der Waals surface area contributed by atoms with Crippen molar-refractivity contribution in [3.8, 4) is 0 Å². The van der Waals surface area contributed by atoms with Gasteiger partial charge in [0.1, 0.15) is 0 Å². The Bertz CT molecular complexity index is 625. The van der Waals surface area contributed by atoms with E-state index in [1.54, 1.807) is 0 Å². The second-order valence-corrected chi connectivity index (χ2v) is 6.85. The second-order valence-electron chi connectivity index (χ2n) is 5.16. The molecule has 0 aliphatic rings. The Morgan fingerprint density at radius 1 is 1.19 bits per heavy atom. The first kappa shape index (κ1) is 16.3. The van der Waals surface area contributed by atoms with Crippen molar-refractivity contribution >= 4 is 40.1 Å². The highest BCUT2D eigenvalue weighted by Gasteiger charge is 2.19. The molecule has 0 radical (unpaired) electrons. The molecule has 0 atom stereocenters. The van der Waals surface area contributed by atoms with Gasteiger partial charge in [0.15, 0.2) is 0 Å². The molecular weight excluding hydrogens is 397 g/mol. The molecule has 0 aliphatic heterocycles. The van der Waals surface area contributed by atoms with Crippen molar-refractivity contribution in [2.75, 3.05) is 0 Å². The fourth-order valence-corrected chi connectivity index (χ4v) is 2.65.